The van der Waals surface area contributed by atoms with Gasteiger partial charge in [-0.3, -0.25) is 4.79 Å². The number of rotatable bonds is 4. The van der Waals surface area contributed by atoms with Gasteiger partial charge in [-0.15, -0.1) is 22.0 Å². The molecule has 4 rings (SSSR count). The fourth-order valence-electron chi connectivity index (χ4n) is 3.17. The Bertz CT molecular complexity index is 885. The number of amides is 1. The van der Waals surface area contributed by atoms with Crippen molar-refractivity contribution in [2.75, 3.05) is 37.3 Å². The average molecular weight is 379 g/mol. The number of aromatic nitrogens is 3. The van der Waals surface area contributed by atoms with Gasteiger partial charge in [-0.05, 0) is 54.8 Å². The lowest BCUT2D eigenvalue weighted by Gasteiger charge is -2.35. The summed E-state index contributed by atoms with van der Waals surface area (Å²) in [5.74, 6) is 1.74. The molecule has 0 aliphatic carbocycles. The maximum absolute atomic E-state index is 12.7. The van der Waals surface area contributed by atoms with E-state index < -0.39 is 0 Å². The molecule has 1 aliphatic rings. The first-order valence-electron chi connectivity index (χ1n) is 8.90. The molecular formula is C20H21N5OS. The van der Waals surface area contributed by atoms with E-state index in [0.29, 0.717) is 13.1 Å². The summed E-state index contributed by atoms with van der Waals surface area (Å²) in [5.41, 5.74) is 0.747. The zero-order valence-corrected chi connectivity index (χ0v) is 16.0. The van der Waals surface area contributed by atoms with Crippen molar-refractivity contribution in [3.05, 3.63) is 66.5 Å². The van der Waals surface area contributed by atoms with Gasteiger partial charge in [-0.25, -0.2) is 0 Å². The smallest absolute Gasteiger partial charge is 0.253 e. The van der Waals surface area contributed by atoms with E-state index in [1.165, 1.54) is 4.90 Å². The number of carbonyl (C=O) groups excluding carboxylic acids is 1. The summed E-state index contributed by atoms with van der Waals surface area (Å²) in [6, 6.07) is 15.7. The summed E-state index contributed by atoms with van der Waals surface area (Å²) in [5, 5.41) is 8.66. The van der Waals surface area contributed by atoms with Crippen molar-refractivity contribution >= 4 is 23.5 Å². The standard InChI is InChI=1S/C20H21N5OS/c1-27-17-6-4-16(5-7-17)20(26)25-14-12-24(13-15-25)19-9-8-18(21-22-19)23-10-2-3-11-23/h2-11H,12-15H2,1H3. The Morgan fingerprint density at radius 3 is 2.11 bits per heavy atom. The second-order valence-electron chi connectivity index (χ2n) is 6.35. The van der Waals surface area contributed by atoms with Crippen LogP contribution in [0, 0.1) is 0 Å². The van der Waals surface area contributed by atoms with Gasteiger partial charge in [0.25, 0.3) is 5.91 Å². The van der Waals surface area contributed by atoms with Crippen LogP contribution in [0.5, 0.6) is 0 Å². The molecule has 0 N–H and O–H groups in total. The third-order valence-electron chi connectivity index (χ3n) is 4.73. The van der Waals surface area contributed by atoms with Crippen molar-refractivity contribution in [1.29, 1.82) is 0 Å². The summed E-state index contributed by atoms with van der Waals surface area (Å²) >= 11 is 1.68. The fraction of sp³-hybridized carbons (Fsp3) is 0.250. The second-order valence-corrected chi connectivity index (χ2v) is 7.23. The quantitative estimate of drug-likeness (QED) is 0.653. The van der Waals surface area contributed by atoms with Gasteiger partial charge in [-0.2, -0.15) is 0 Å². The predicted octanol–water partition coefficient (Wildman–Crippen LogP) is 2.95. The minimum absolute atomic E-state index is 0.0938. The van der Waals surface area contributed by atoms with Gasteiger partial charge in [0, 0.05) is 49.0 Å². The molecule has 6 nitrogen and oxygen atoms in total. The molecule has 0 unspecified atom stereocenters. The molecule has 1 amide bonds. The van der Waals surface area contributed by atoms with Gasteiger partial charge in [0.15, 0.2) is 11.6 Å². The van der Waals surface area contributed by atoms with Gasteiger partial charge in [0.2, 0.25) is 0 Å². The molecule has 0 spiro atoms. The topological polar surface area (TPSA) is 54.3 Å². The van der Waals surface area contributed by atoms with E-state index in [2.05, 4.69) is 15.1 Å². The number of benzene rings is 1. The molecule has 1 aliphatic heterocycles. The molecule has 1 saturated heterocycles. The maximum Gasteiger partial charge on any atom is 0.253 e. The van der Waals surface area contributed by atoms with Crippen molar-refractivity contribution in [1.82, 2.24) is 19.7 Å². The molecule has 0 atom stereocenters. The van der Waals surface area contributed by atoms with E-state index in [9.17, 15) is 4.79 Å². The summed E-state index contributed by atoms with van der Waals surface area (Å²) in [7, 11) is 0. The molecule has 27 heavy (non-hydrogen) atoms. The molecule has 0 saturated carbocycles. The zero-order chi connectivity index (χ0) is 18.6. The van der Waals surface area contributed by atoms with Crippen molar-refractivity contribution in [3.8, 4) is 5.82 Å². The molecule has 1 aromatic carbocycles. The summed E-state index contributed by atoms with van der Waals surface area (Å²) in [6.07, 6.45) is 5.92. The number of hydrogen-bond acceptors (Lipinski definition) is 5. The summed E-state index contributed by atoms with van der Waals surface area (Å²) in [4.78, 5) is 17.9. The largest absolute Gasteiger partial charge is 0.352 e. The van der Waals surface area contributed by atoms with E-state index in [4.69, 9.17) is 0 Å². The maximum atomic E-state index is 12.7. The molecule has 3 heterocycles. The Morgan fingerprint density at radius 1 is 0.889 bits per heavy atom. The molecule has 2 aromatic heterocycles. The SMILES string of the molecule is CSc1ccc(C(=O)N2CCN(c3ccc(-n4cccc4)nn3)CC2)cc1. The molecular weight excluding hydrogens is 358 g/mol. The highest BCUT2D eigenvalue weighted by atomic mass is 32.2. The molecule has 138 valence electrons. The lowest BCUT2D eigenvalue weighted by Crippen LogP contribution is -2.49. The van der Waals surface area contributed by atoms with Crippen LogP contribution in [0.3, 0.4) is 0 Å². The minimum atomic E-state index is 0.0938. The first-order valence-corrected chi connectivity index (χ1v) is 10.1. The predicted molar refractivity (Wildman–Crippen MR) is 108 cm³/mol. The normalized spacial score (nSPS) is 14.4. The van der Waals surface area contributed by atoms with Crippen LogP contribution < -0.4 is 4.90 Å². The van der Waals surface area contributed by atoms with Crippen LogP contribution in [-0.4, -0.2) is 58.0 Å². The highest BCUT2D eigenvalue weighted by Crippen LogP contribution is 2.18. The Kier molecular flexibility index (Phi) is 5.11. The van der Waals surface area contributed by atoms with E-state index in [0.717, 1.165) is 30.3 Å². The molecule has 3 aromatic rings. The van der Waals surface area contributed by atoms with Gasteiger partial charge in [0.1, 0.15) is 0 Å². The van der Waals surface area contributed by atoms with Gasteiger partial charge >= 0.3 is 0 Å². The molecule has 7 heteroatoms. The van der Waals surface area contributed by atoms with E-state index in [1.807, 2.05) is 76.6 Å². The van der Waals surface area contributed by atoms with Crippen LogP contribution in [0.15, 0.2) is 65.8 Å². The first kappa shape index (κ1) is 17.6. The molecule has 0 radical (unpaired) electrons. The first-order chi connectivity index (χ1) is 13.2. The number of nitrogens with zero attached hydrogens (tertiary/aromatic N) is 5. The number of anilines is 1. The number of carbonyl (C=O) groups is 1. The Labute approximate surface area is 162 Å². The van der Waals surface area contributed by atoms with Crippen LogP contribution in [0.4, 0.5) is 5.82 Å². The Hall–Kier alpha value is -2.80. The number of hydrogen-bond donors (Lipinski definition) is 0. The Morgan fingerprint density at radius 2 is 1.52 bits per heavy atom. The minimum Gasteiger partial charge on any atom is -0.352 e. The van der Waals surface area contributed by atoms with Crippen molar-refractivity contribution in [3.63, 3.8) is 0 Å². The number of thioether (sulfide) groups is 1. The lowest BCUT2D eigenvalue weighted by atomic mass is 10.2. The zero-order valence-electron chi connectivity index (χ0n) is 15.2. The van der Waals surface area contributed by atoms with E-state index >= 15 is 0 Å². The highest BCUT2D eigenvalue weighted by molar-refractivity contribution is 7.98. The summed E-state index contributed by atoms with van der Waals surface area (Å²) in [6.45, 7) is 2.88. The number of piperazine rings is 1. The van der Waals surface area contributed by atoms with Gasteiger partial charge in [-0.1, -0.05) is 0 Å². The van der Waals surface area contributed by atoms with E-state index in [-0.39, 0.29) is 5.91 Å². The van der Waals surface area contributed by atoms with Crippen molar-refractivity contribution < 1.29 is 4.79 Å². The van der Waals surface area contributed by atoms with Crippen LogP contribution in [0.25, 0.3) is 5.82 Å². The van der Waals surface area contributed by atoms with Crippen LogP contribution in [0.2, 0.25) is 0 Å². The lowest BCUT2D eigenvalue weighted by molar-refractivity contribution is 0.0746. The Balaban J connectivity index is 1.37. The van der Waals surface area contributed by atoms with Gasteiger partial charge in [0.05, 0.1) is 0 Å². The fourth-order valence-corrected chi connectivity index (χ4v) is 3.57. The third kappa shape index (κ3) is 3.83. The van der Waals surface area contributed by atoms with E-state index in [1.54, 1.807) is 11.8 Å². The van der Waals surface area contributed by atoms with Crippen molar-refractivity contribution in [2.45, 2.75) is 4.90 Å². The van der Waals surface area contributed by atoms with Crippen molar-refractivity contribution in [2.24, 2.45) is 0 Å². The second kappa shape index (κ2) is 7.84. The van der Waals surface area contributed by atoms with Crippen LogP contribution in [0.1, 0.15) is 10.4 Å². The third-order valence-corrected chi connectivity index (χ3v) is 5.48. The highest BCUT2D eigenvalue weighted by Gasteiger charge is 2.23. The molecule has 1 fully saturated rings. The average Bonchev–Trinajstić information content (AvgIpc) is 3.28. The summed E-state index contributed by atoms with van der Waals surface area (Å²) < 4.78 is 1.93. The van der Waals surface area contributed by atoms with Gasteiger partial charge < -0.3 is 14.4 Å². The van der Waals surface area contributed by atoms with Crippen LogP contribution >= 0.6 is 11.8 Å². The monoisotopic (exact) mass is 379 g/mol. The van der Waals surface area contributed by atoms with Crippen LogP contribution in [-0.2, 0) is 0 Å². The molecule has 0 bridgehead atoms.